The third-order valence-electron chi connectivity index (χ3n) is 5.19. The molecule has 0 bridgehead atoms. The van der Waals surface area contributed by atoms with Gasteiger partial charge in [-0.3, -0.25) is 4.79 Å². The second-order valence-electron chi connectivity index (χ2n) is 7.19. The van der Waals surface area contributed by atoms with Gasteiger partial charge in [0.25, 0.3) is 5.91 Å². The quantitative estimate of drug-likeness (QED) is 0.721. The standard InChI is InChI=1S/C21H25NO6/c1-4-6-16(20(24)25)22-19(23)12(3)27-17-10-9-14-13-7-5-8-15(13)21(26)28-18(14)11(17)2/h9-10,12,16H,4-8H2,1-3H3,(H,22,23)(H,24,25)/p-1/t12-,16-/m1/s1. The van der Waals surface area contributed by atoms with Crippen LogP contribution < -0.4 is 20.8 Å². The molecule has 0 fully saturated rings. The van der Waals surface area contributed by atoms with Gasteiger partial charge in [-0.1, -0.05) is 13.3 Å². The Bertz CT molecular complexity index is 977. The van der Waals surface area contributed by atoms with Gasteiger partial charge < -0.3 is 24.4 Å². The van der Waals surface area contributed by atoms with E-state index in [1.54, 1.807) is 13.0 Å². The molecule has 1 amide bonds. The highest BCUT2D eigenvalue weighted by atomic mass is 16.5. The zero-order valence-electron chi connectivity index (χ0n) is 16.3. The zero-order chi connectivity index (χ0) is 20.4. The van der Waals surface area contributed by atoms with Crippen molar-refractivity contribution in [3.8, 4) is 5.75 Å². The molecular formula is C21H24NO6-. The lowest BCUT2D eigenvalue weighted by Gasteiger charge is -2.22. The van der Waals surface area contributed by atoms with Gasteiger partial charge in [0.1, 0.15) is 11.3 Å². The number of hydrogen-bond acceptors (Lipinski definition) is 6. The Kier molecular flexibility index (Phi) is 5.72. The number of rotatable bonds is 7. The van der Waals surface area contributed by atoms with Crippen molar-refractivity contribution < 1.29 is 23.8 Å². The summed E-state index contributed by atoms with van der Waals surface area (Å²) in [5.74, 6) is -1.45. The van der Waals surface area contributed by atoms with Gasteiger partial charge in [-0.05, 0) is 57.2 Å². The number of aryl methyl sites for hydroxylation is 2. The SMILES string of the molecule is CCC[C@@H](NC(=O)[C@@H](C)Oc1ccc2c3c(c(=O)oc2c1C)CCC3)C(=O)[O-]. The molecule has 2 aromatic rings. The zero-order valence-corrected chi connectivity index (χ0v) is 16.3. The smallest absolute Gasteiger partial charge is 0.339 e. The van der Waals surface area contributed by atoms with E-state index in [0.717, 1.165) is 35.8 Å². The maximum atomic E-state index is 12.3. The minimum absolute atomic E-state index is 0.284. The monoisotopic (exact) mass is 386 g/mol. The van der Waals surface area contributed by atoms with Crippen LogP contribution in [0.1, 0.15) is 49.8 Å². The largest absolute Gasteiger partial charge is 0.548 e. The summed E-state index contributed by atoms with van der Waals surface area (Å²) in [5.41, 5.74) is 2.56. The van der Waals surface area contributed by atoms with E-state index >= 15 is 0 Å². The number of carboxylic acid groups (broad SMARTS) is 1. The molecule has 1 N–H and O–H groups in total. The van der Waals surface area contributed by atoms with Gasteiger partial charge in [-0.15, -0.1) is 0 Å². The van der Waals surface area contributed by atoms with E-state index in [2.05, 4.69) is 5.32 Å². The Labute approximate surface area is 162 Å². The summed E-state index contributed by atoms with van der Waals surface area (Å²) in [6, 6.07) is 2.54. The van der Waals surface area contributed by atoms with E-state index < -0.39 is 24.0 Å². The number of nitrogens with one attached hydrogen (secondary N) is 1. The summed E-state index contributed by atoms with van der Waals surface area (Å²) in [4.78, 5) is 35.7. The van der Waals surface area contributed by atoms with Crippen molar-refractivity contribution >= 4 is 22.8 Å². The van der Waals surface area contributed by atoms with Gasteiger partial charge in [-0.2, -0.15) is 0 Å². The lowest BCUT2D eigenvalue weighted by molar-refractivity contribution is -0.308. The van der Waals surface area contributed by atoms with Crippen molar-refractivity contribution in [3.63, 3.8) is 0 Å². The van der Waals surface area contributed by atoms with Crippen LogP contribution in [-0.2, 0) is 22.4 Å². The molecule has 0 radical (unpaired) electrons. The highest BCUT2D eigenvalue weighted by molar-refractivity contribution is 5.87. The van der Waals surface area contributed by atoms with Crippen LogP contribution >= 0.6 is 0 Å². The molecule has 0 unspecified atom stereocenters. The van der Waals surface area contributed by atoms with Crippen LogP contribution in [0, 0.1) is 6.92 Å². The van der Waals surface area contributed by atoms with E-state index in [9.17, 15) is 19.5 Å². The van der Waals surface area contributed by atoms with E-state index in [1.807, 2.05) is 13.0 Å². The molecule has 150 valence electrons. The summed E-state index contributed by atoms with van der Waals surface area (Å²) < 4.78 is 11.3. The van der Waals surface area contributed by atoms with E-state index in [-0.39, 0.29) is 12.0 Å². The molecule has 1 aliphatic rings. The van der Waals surface area contributed by atoms with Crippen LogP contribution in [0.25, 0.3) is 11.0 Å². The second-order valence-corrected chi connectivity index (χ2v) is 7.19. The second kappa shape index (κ2) is 8.04. The highest BCUT2D eigenvalue weighted by Gasteiger charge is 2.23. The fourth-order valence-electron chi connectivity index (χ4n) is 3.66. The van der Waals surface area contributed by atoms with Crippen molar-refractivity contribution in [1.29, 1.82) is 0 Å². The fourth-order valence-corrected chi connectivity index (χ4v) is 3.66. The van der Waals surface area contributed by atoms with Gasteiger partial charge in [0, 0.05) is 16.5 Å². The average Bonchev–Trinajstić information content (AvgIpc) is 3.14. The molecule has 1 aromatic heterocycles. The Morgan fingerprint density at radius 1 is 1.29 bits per heavy atom. The van der Waals surface area contributed by atoms with Gasteiger partial charge in [0.15, 0.2) is 6.10 Å². The normalized spacial score (nSPS) is 15.1. The number of benzene rings is 1. The van der Waals surface area contributed by atoms with Crippen LogP contribution in [-0.4, -0.2) is 24.0 Å². The average molecular weight is 386 g/mol. The first kappa shape index (κ1) is 19.9. The Balaban J connectivity index is 1.83. The molecule has 1 aromatic carbocycles. The van der Waals surface area contributed by atoms with Crippen LogP contribution in [0.5, 0.6) is 5.75 Å². The Morgan fingerprint density at radius 2 is 2.00 bits per heavy atom. The summed E-state index contributed by atoms with van der Waals surface area (Å²) in [5, 5.41) is 14.5. The lowest BCUT2D eigenvalue weighted by Crippen LogP contribution is -2.51. The maximum Gasteiger partial charge on any atom is 0.339 e. The van der Waals surface area contributed by atoms with Crippen molar-refractivity contribution in [3.05, 3.63) is 39.2 Å². The first-order valence-electron chi connectivity index (χ1n) is 9.59. The fraction of sp³-hybridized carbons (Fsp3) is 0.476. The first-order chi connectivity index (χ1) is 13.3. The number of carboxylic acids is 1. The summed E-state index contributed by atoms with van der Waals surface area (Å²) >= 11 is 0. The number of amides is 1. The summed E-state index contributed by atoms with van der Waals surface area (Å²) in [7, 11) is 0. The number of carbonyl (C=O) groups is 2. The first-order valence-corrected chi connectivity index (χ1v) is 9.59. The number of carbonyl (C=O) groups excluding carboxylic acids is 2. The molecule has 0 spiro atoms. The van der Waals surface area contributed by atoms with Crippen LogP contribution in [0.4, 0.5) is 0 Å². The third kappa shape index (κ3) is 3.74. The van der Waals surface area contributed by atoms with Gasteiger partial charge >= 0.3 is 5.63 Å². The Hall–Kier alpha value is -2.83. The van der Waals surface area contributed by atoms with Crippen molar-refractivity contribution in [2.24, 2.45) is 0 Å². The summed E-state index contributed by atoms with van der Waals surface area (Å²) in [6.45, 7) is 5.13. The molecule has 3 rings (SSSR count). The van der Waals surface area contributed by atoms with Crippen molar-refractivity contribution in [1.82, 2.24) is 5.32 Å². The minimum Gasteiger partial charge on any atom is -0.548 e. The van der Waals surface area contributed by atoms with Crippen molar-refractivity contribution in [2.45, 2.75) is 65.0 Å². The predicted molar refractivity (Wildman–Crippen MR) is 101 cm³/mol. The van der Waals surface area contributed by atoms with E-state index in [4.69, 9.17) is 9.15 Å². The molecule has 7 nitrogen and oxygen atoms in total. The Morgan fingerprint density at radius 3 is 2.68 bits per heavy atom. The third-order valence-corrected chi connectivity index (χ3v) is 5.19. The molecule has 1 heterocycles. The predicted octanol–water partition coefficient (Wildman–Crippen LogP) is 1.39. The number of aliphatic carboxylic acids is 1. The molecular weight excluding hydrogens is 362 g/mol. The van der Waals surface area contributed by atoms with Crippen molar-refractivity contribution in [2.75, 3.05) is 0 Å². The molecule has 0 aliphatic heterocycles. The molecule has 28 heavy (non-hydrogen) atoms. The molecule has 0 saturated carbocycles. The van der Waals surface area contributed by atoms with Crippen LogP contribution in [0.2, 0.25) is 0 Å². The summed E-state index contributed by atoms with van der Waals surface area (Å²) in [6.07, 6.45) is 2.48. The molecule has 1 aliphatic carbocycles. The van der Waals surface area contributed by atoms with Gasteiger partial charge in [0.05, 0.1) is 12.0 Å². The minimum atomic E-state index is -1.32. The molecule has 7 heteroatoms. The van der Waals surface area contributed by atoms with Gasteiger partial charge in [0.2, 0.25) is 0 Å². The maximum absolute atomic E-state index is 12.3. The molecule has 0 saturated heterocycles. The number of fused-ring (bicyclic) bond motifs is 3. The van der Waals surface area contributed by atoms with E-state index in [1.165, 1.54) is 6.92 Å². The van der Waals surface area contributed by atoms with Crippen LogP contribution in [0.3, 0.4) is 0 Å². The van der Waals surface area contributed by atoms with Gasteiger partial charge in [-0.25, -0.2) is 4.79 Å². The number of ether oxygens (including phenoxy) is 1. The topological polar surface area (TPSA) is 109 Å². The highest BCUT2D eigenvalue weighted by Crippen LogP contribution is 2.33. The van der Waals surface area contributed by atoms with E-state index in [0.29, 0.717) is 23.3 Å². The van der Waals surface area contributed by atoms with Crippen LogP contribution in [0.15, 0.2) is 21.3 Å². The lowest BCUT2D eigenvalue weighted by atomic mass is 10.0. The molecule has 2 atom stereocenters. The number of hydrogen-bond donors (Lipinski definition) is 1.